The van der Waals surface area contributed by atoms with Crippen LogP contribution < -0.4 is 5.32 Å². The zero-order valence-corrected chi connectivity index (χ0v) is 18.3. The summed E-state index contributed by atoms with van der Waals surface area (Å²) in [5, 5.41) is 3.39. The molecule has 158 valence electrons. The monoisotopic (exact) mass is 400 g/mol. The molecule has 8 nitrogen and oxygen atoms in total. The van der Waals surface area contributed by atoms with Crippen molar-refractivity contribution in [1.29, 1.82) is 0 Å². The maximum Gasteiger partial charge on any atom is 0.410 e. The van der Waals surface area contributed by atoms with E-state index in [0.717, 1.165) is 30.1 Å². The van der Waals surface area contributed by atoms with Gasteiger partial charge in [-0.05, 0) is 60.5 Å². The van der Waals surface area contributed by atoms with E-state index >= 15 is 0 Å². The number of aromatic nitrogens is 4. The van der Waals surface area contributed by atoms with E-state index in [9.17, 15) is 4.79 Å². The summed E-state index contributed by atoms with van der Waals surface area (Å²) < 4.78 is 7.67. The predicted octanol–water partition coefficient (Wildman–Crippen LogP) is 4.04. The second kappa shape index (κ2) is 8.39. The Morgan fingerprint density at radius 1 is 1.31 bits per heavy atom. The maximum atomic E-state index is 12.4. The van der Waals surface area contributed by atoms with Crippen LogP contribution in [0.1, 0.15) is 59.3 Å². The van der Waals surface area contributed by atoms with Gasteiger partial charge in [0.1, 0.15) is 11.4 Å². The number of hydrogen-bond acceptors (Lipinski definition) is 6. The summed E-state index contributed by atoms with van der Waals surface area (Å²) >= 11 is 0. The Labute approximate surface area is 172 Å². The molecule has 1 fully saturated rings. The molecule has 0 radical (unpaired) electrons. The first-order chi connectivity index (χ1) is 13.6. The summed E-state index contributed by atoms with van der Waals surface area (Å²) in [6, 6.07) is 2.27. The first-order valence-corrected chi connectivity index (χ1v) is 10.3. The molecule has 2 aromatic rings. The lowest BCUT2D eigenvalue weighted by molar-refractivity contribution is 0.0206. The average molecular weight is 401 g/mol. The molecule has 0 aliphatic carbocycles. The number of anilines is 1. The lowest BCUT2D eigenvalue weighted by Gasteiger charge is -2.34. The number of piperidine rings is 1. The number of rotatable bonds is 4. The van der Waals surface area contributed by atoms with Gasteiger partial charge in [0.15, 0.2) is 0 Å². The van der Waals surface area contributed by atoms with Crippen molar-refractivity contribution >= 4 is 12.0 Å². The van der Waals surface area contributed by atoms with Gasteiger partial charge in [-0.15, -0.1) is 0 Å². The van der Waals surface area contributed by atoms with E-state index in [1.54, 1.807) is 11.1 Å². The highest BCUT2D eigenvalue weighted by atomic mass is 16.6. The lowest BCUT2D eigenvalue weighted by Crippen LogP contribution is -2.47. The fraction of sp³-hybridized carbons (Fsp3) is 0.619. The van der Waals surface area contributed by atoms with Crippen LogP contribution in [0, 0.1) is 6.92 Å². The summed E-state index contributed by atoms with van der Waals surface area (Å²) in [6.45, 7) is 13.2. The van der Waals surface area contributed by atoms with Gasteiger partial charge < -0.3 is 19.5 Å². The van der Waals surface area contributed by atoms with Crippen molar-refractivity contribution < 1.29 is 9.53 Å². The first-order valence-electron chi connectivity index (χ1n) is 10.3. The van der Waals surface area contributed by atoms with Crippen LogP contribution in [0.5, 0.6) is 0 Å². The summed E-state index contributed by atoms with van der Waals surface area (Å²) in [7, 11) is 0. The predicted molar refractivity (Wildman–Crippen MR) is 113 cm³/mol. The molecule has 3 heterocycles. The minimum absolute atomic E-state index is 0.0864. The van der Waals surface area contributed by atoms with Crippen LogP contribution >= 0.6 is 0 Å². The number of aryl methyl sites for hydroxylation is 1. The number of carbonyl (C=O) groups excluding carboxylic acids is 1. The Bertz CT molecular complexity index is 855. The van der Waals surface area contributed by atoms with Gasteiger partial charge in [-0.3, -0.25) is 0 Å². The van der Waals surface area contributed by atoms with Gasteiger partial charge >= 0.3 is 6.09 Å². The van der Waals surface area contributed by atoms with Crippen LogP contribution in [-0.4, -0.2) is 55.2 Å². The van der Waals surface area contributed by atoms with Gasteiger partial charge in [0.05, 0.1) is 17.6 Å². The molecule has 3 rings (SSSR count). The molecule has 1 N–H and O–H groups in total. The molecule has 0 aromatic carbocycles. The van der Waals surface area contributed by atoms with Crippen LogP contribution in [0.15, 0.2) is 18.5 Å². The summed E-state index contributed by atoms with van der Waals surface area (Å²) in [5.41, 5.74) is 1.31. The topological polar surface area (TPSA) is 85.2 Å². The highest BCUT2D eigenvalue weighted by Gasteiger charge is 2.28. The van der Waals surface area contributed by atoms with Crippen molar-refractivity contribution in [2.24, 2.45) is 0 Å². The third kappa shape index (κ3) is 5.25. The fourth-order valence-electron chi connectivity index (χ4n) is 3.64. The minimum atomic E-state index is -0.494. The van der Waals surface area contributed by atoms with E-state index in [0.29, 0.717) is 25.1 Å². The molecule has 0 unspecified atom stereocenters. The van der Waals surface area contributed by atoms with E-state index in [4.69, 9.17) is 9.72 Å². The second-order valence-corrected chi connectivity index (χ2v) is 8.83. The first kappa shape index (κ1) is 21.1. The smallest absolute Gasteiger partial charge is 0.410 e. The number of imidazole rings is 1. The average Bonchev–Trinajstić information content (AvgIpc) is 3.02. The van der Waals surface area contributed by atoms with E-state index in [1.807, 2.05) is 40.0 Å². The number of amides is 1. The molecule has 8 heteroatoms. The molecular formula is C21H32N6O2. The molecular weight excluding hydrogens is 368 g/mol. The number of nitrogens with zero attached hydrogens (tertiary/aromatic N) is 5. The van der Waals surface area contributed by atoms with Gasteiger partial charge in [0.25, 0.3) is 0 Å². The van der Waals surface area contributed by atoms with E-state index in [1.165, 1.54) is 0 Å². The molecule has 0 spiro atoms. The molecule has 0 bridgehead atoms. The lowest BCUT2D eigenvalue weighted by atomic mass is 10.1. The van der Waals surface area contributed by atoms with Crippen molar-refractivity contribution in [3.8, 4) is 11.4 Å². The van der Waals surface area contributed by atoms with Crippen LogP contribution in [0.4, 0.5) is 10.7 Å². The third-order valence-electron chi connectivity index (χ3n) is 4.82. The van der Waals surface area contributed by atoms with Crippen LogP contribution in [-0.2, 0) is 4.74 Å². The van der Waals surface area contributed by atoms with E-state index in [-0.39, 0.29) is 12.1 Å². The largest absolute Gasteiger partial charge is 0.444 e. The molecule has 2 aromatic heterocycles. The number of ether oxygens (including phenoxy) is 1. The van der Waals surface area contributed by atoms with Crippen LogP contribution in [0.25, 0.3) is 11.4 Å². The molecule has 29 heavy (non-hydrogen) atoms. The number of carbonyl (C=O) groups is 1. The highest BCUT2D eigenvalue weighted by molar-refractivity contribution is 5.68. The Hall–Kier alpha value is -2.64. The van der Waals surface area contributed by atoms with Gasteiger partial charge in [-0.2, -0.15) is 0 Å². The molecule has 1 atom stereocenters. The quantitative estimate of drug-likeness (QED) is 0.834. The Morgan fingerprint density at radius 3 is 2.76 bits per heavy atom. The van der Waals surface area contributed by atoms with E-state index in [2.05, 4.69) is 33.7 Å². The highest BCUT2D eigenvalue weighted by Crippen LogP contribution is 2.24. The zero-order valence-electron chi connectivity index (χ0n) is 18.3. The van der Waals surface area contributed by atoms with Crippen molar-refractivity contribution in [1.82, 2.24) is 24.4 Å². The van der Waals surface area contributed by atoms with Gasteiger partial charge in [0.2, 0.25) is 5.95 Å². The van der Waals surface area contributed by atoms with Crippen molar-refractivity contribution in [3.05, 3.63) is 24.3 Å². The molecule has 1 aliphatic rings. The zero-order chi connectivity index (χ0) is 21.2. The van der Waals surface area contributed by atoms with Crippen molar-refractivity contribution in [2.75, 3.05) is 18.4 Å². The fourth-order valence-corrected chi connectivity index (χ4v) is 3.64. The number of nitrogens with one attached hydrogen (secondary N) is 1. The second-order valence-electron chi connectivity index (χ2n) is 8.83. The molecule has 1 amide bonds. The van der Waals surface area contributed by atoms with Crippen molar-refractivity contribution in [2.45, 2.75) is 72.1 Å². The van der Waals surface area contributed by atoms with Gasteiger partial charge in [-0.1, -0.05) is 0 Å². The maximum absolute atomic E-state index is 12.4. The standard InChI is InChI=1S/C21H32N6O2/c1-14(2)27-15(3)23-12-18(27)17-9-10-22-19(25-17)24-16-8-7-11-26(13-16)20(28)29-21(4,5)6/h9-10,12,14,16H,7-8,11,13H2,1-6H3,(H,22,24,25)/t16-/m1/s1. The van der Waals surface area contributed by atoms with Gasteiger partial charge in [-0.25, -0.2) is 19.7 Å². The molecule has 0 saturated carbocycles. The summed E-state index contributed by atoms with van der Waals surface area (Å²) in [4.78, 5) is 27.7. The minimum Gasteiger partial charge on any atom is -0.444 e. The Kier molecular flexibility index (Phi) is 6.10. The number of likely N-dealkylation sites (tertiary alicyclic amines) is 1. The van der Waals surface area contributed by atoms with E-state index < -0.39 is 5.60 Å². The normalized spacial score (nSPS) is 17.5. The number of hydrogen-bond donors (Lipinski definition) is 1. The Balaban J connectivity index is 1.71. The summed E-state index contributed by atoms with van der Waals surface area (Å²) in [6.07, 6.45) is 5.21. The van der Waals surface area contributed by atoms with Gasteiger partial charge in [0, 0.05) is 31.4 Å². The summed E-state index contributed by atoms with van der Waals surface area (Å²) in [5.74, 6) is 1.52. The molecule has 1 saturated heterocycles. The molecule has 1 aliphatic heterocycles. The third-order valence-corrected chi connectivity index (χ3v) is 4.82. The van der Waals surface area contributed by atoms with Crippen molar-refractivity contribution in [3.63, 3.8) is 0 Å². The SMILES string of the molecule is Cc1ncc(-c2ccnc(N[C@@H]3CCCN(C(=O)OC(C)(C)C)C3)n2)n1C(C)C. The Morgan fingerprint density at radius 2 is 2.07 bits per heavy atom. The van der Waals surface area contributed by atoms with Crippen LogP contribution in [0.2, 0.25) is 0 Å². The van der Waals surface area contributed by atoms with Crippen LogP contribution in [0.3, 0.4) is 0 Å².